The number of amides is 1. The van der Waals surface area contributed by atoms with E-state index >= 15 is 0 Å². The highest BCUT2D eigenvalue weighted by molar-refractivity contribution is 5.76. The molecule has 0 radical (unpaired) electrons. The van der Waals surface area contributed by atoms with Crippen molar-refractivity contribution in [3.8, 4) is 0 Å². The summed E-state index contributed by atoms with van der Waals surface area (Å²) >= 11 is 0. The van der Waals surface area contributed by atoms with Crippen LogP contribution in [-0.4, -0.2) is 48.8 Å². The summed E-state index contributed by atoms with van der Waals surface area (Å²) in [4.78, 5) is 14.9. The fraction of sp³-hybridized carbons (Fsp3) is 0.947. The predicted octanol–water partition coefficient (Wildman–Crippen LogP) is 3.02. The summed E-state index contributed by atoms with van der Waals surface area (Å²) in [5.41, 5.74) is 13.6. The molecule has 1 heterocycles. The Morgan fingerprint density at radius 1 is 1.30 bits per heavy atom. The van der Waals surface area contributed by atoms with Gasteiger partial charge >= 0.3 is 0 Å². The van der Waals surface area contributed by atoms with E-state index in [1.165, 1.54) is 0 Å². The lowest BCUT2D eigenvalue weighted by molar-refractivity contribution is -0.123. The second-order valence-corrected chi connectivity index (χ2v) is 8.77. The van der Waals surface area contributed by atoms with Crippen molar-refractivity contribution in [2.75, 3.05) is 19.7 Å². The first-order valence-electron chi connectivity index (χ1n) is 10.1. The third-order valence-electron chi connectivity index (χ3n) is 5.13. The van der Waals surface area contributed by atoms with Gasteiger partial charge in [-0.25, -0.2) is 0 Å². The van der Waals surface area contributed by atoms with E-state index in [0.29, 0.717) is 38.1 Å². The van der Waals surface area contributed by atoms with Crippen LogP contribution in [0.1, 0.15) is 72.6 Å². The molecule has 0 spiro atoms. The zero-order valence-corrected chi connectivity index (χ0v) is 17.5. The second-order valence-electron chi connectivity index (χ2n) is 8.77. The van der Waals surface area contributed by atoms with Gasteiger partial charge in [-0.15, -0.1) is 0 Å². The minimum atomic E-state index is -0.341. The molecule has 1 aliphatic heterocycles. The van der Waals surface area contributed by atoms with Crippen LogP contribution >= 0.6 is 0 Å². The van der Waals surface area contributed by atoms with Gasteiger partial charge in [0, 0.05) is 48.7 Å². The van der Waals surface area contributed by atoms with E-state index in [-0.39, 0.29) is 17.0 Å². The fourth-order valence-electron chi connectivity index (χ4n) is 3.08. The van der Waals surface area contributed by atoms with Gasteiger partial charge < -0.3 is 21.1 Å². The summed E-state index contributed by atoms with van der Waals surface area (Å²) in [5.74, 6) is 0.0982. The Morgan fingerprint density at radius 2 is 2.04 bits per heavy atom. The molecule has 2 unspecified atom stereocenters. The minimum absolute atomic E-state index is 0.0982. The Hall–Kier alpha value is -1.34. The van der Waals surface area contributed by atoms with E-state index in [0.717, 1.165) is 38.6 Å². The lowest BCUT2D eigenvalue weighted by atomic mass is 9.95. The number of ether oxygens (including phenoxy) is 1. The Kier molecular flexibility index (Phi) is 10.1. The minimum Gasteiger partial charge on any atom is -0.375 e. The molecule has 0 aromatic carbocycles. The van der Waals surface area contributed by atoms with Crippen molar-refractivity contribution < 1.29 is 9.53 Å². The van der Waals surface area contributed by atoms with Gasteiger partial charge in [-0.1, -0.05) is 18.0 Å². The number of hydrogen-bond donors (Lipinski definition) is 3. The molecule has 8 nitrogen and oxygen atoms in total. The Labute approximate surface area is 163 Å². The molecule has 8 heteroatoms. The van der Waals surface area contributed by atoms with Crippen LogP contribution in [0.4, 0.5) is 0 Å². The number of carbonyl (C=O) groups excluding carboxylic acids is 1. The second kappa shape index (κ2) is 11.5. The van der Waals surface area contributed by atoms with Crippen LogP contribution in [0.25, 0.3) is 10.4 Å². The SMILES string of the molecule is CC(C)(CCOC(C)(C)CCN=[N+]=[N-])NC(=O)CCCCCC1NCC1N. The molecule has 0 aromatic heterocycles. The molecule has 1 saturated heterocycles. The van der Waals surface area contributed by atoms with Crippen LogP contribution in [0.5, 0.6) is 0 Å². The fourth-order valence-corrected chi connectivity index (χ4v) is 3.08. The largest absolute Gasteiger partial charge is 0.375 e. The van der Waals surface area contributed by atoms with E-state index in [1.54, 1.807) is 0 Å². The van der Waals surface area contributed by atoms with Gasteiger partial charge in [0.05, 0.1) is 5.60 Å². The van der Waals surface area contributed by atoms with E-state index < -0.39 is 0 Å². The van der Waals surface area contributed by atoms with E-state index in [9.17, 15) is 4.79 Å². The molecule has 4 N–H and O–H groups in total. The molecule has 2 atom stereocenters. The first-order valence-corrected chi connectivity index (χ1v) is 10.1. The smallest absolute Gasteiger partial charge is 0.220 e. The maximum Gasteiger partial charge on any atom is 0.220 e. The Balaban J connectivity index is 2.13. The number of azide groups is 1. The molecule has 0 aliphatic carbocycles. The molecule has 1 rings (SSSR count). The van der Waals surface area contributed by atoms with Crippen molar-refractivity contribution in [3.63, 3.8) is 0 Å². The van der Waals surface area contributed by atoms with Crippen LogP contribution in [0.2, 0.25) is 0 Å². The van der Waals surface area contributed by atoms with Crippen LogP contribution < -0.4 is 16.4 Å². The molecule has 156 valence electrons. The van der Waals surface area contributed by atoms with Crippen molar-refractivity contribution in [1.82, 2.24) is 10.6 Å². The quantitative estimate of drug-likeness (QED) is 0.185. The standard InChI is InChI=1S/C19H38N6O2/c1-18(2,11-13-27-19(3,4)10-12-23-25-21)24-17(26)9-7-5-6-8-16-15(20)14-22-16/h15-16,22H,5-14,20H2,1-4H3,(H,24,26). The predicted molar refractivity (Wildman–Crippen MR) is 108 cm³/mol. The molecule has 1 fully saturated rings. The van der Waals surface area contributed by atoms with Gasteiger partial charge in [-0.05, 0) is 58.9 Å². The van der Waals surface area contributed by atoms with Crippen LogP contribution in [-0.2, 0) is 9.53 Å². The highest BCUT2D eigenvalue weighted by atomic mass is 16.5. The summed E-state index contributed by atoms with van der Waals surface area (Å²) in [6, 6.07) is 0.772. The molecule has 0 bridgehead atoms. The first kappa shape index (κ1) is 23.7. The van der Waals surface area contributed by atoms with Gasteiger partial charge in [-0.3, -0.25) is 4.79 Å². The maximum atomic E-state index is 12.2. The van der Waals surface area contributed by atoms with Crippen LogP contribution in [0, 0.1) is 0 Å². The maximum absolute atomic E-state index is 12.2. The number of nitrogens with two attached hydrogens (primary N) is 1. The summed E-state index contributed by atoms with van der Waals surface area (Å²) in [5, 5.41) is 9.99. The lowest BCUT2D eigenvalue weighted by Gasteiger charge is -2.35. The Bertz CT molecular complexity index is 502. The molecular weight excluding hydrogens is 344 g/mol. The summed E-state index contributed by atoms with van der Waals surface area (Å²) in [6.07, 6.45) is 6.14. The van der Waals surface area contributed by atoms with Gasteiger partial charge in [0.1, 0.15) is 0 Å². The number of unbranched alkanes of at least 4 members (excludes halogenated alkanes) is 2. The third kappa shape index (κ3) is 10.5. The van der Waals surface area contributed by atoms with E-state index in [2.05, 4.69) is 20.7 Å². The number of nitrogens with zero attached hydrogens (tertiary/aromatic N) is 3. The molecule has 1 amide bonds. The molecule has 1 aliphatic rings. The number of carbonyl (C=O) groups is 1. The van der Waals surface area contributed by atoms with Crippen LogP contribution in [0.3, 0.4) is 0 Å². The molecular formula is C19H38N6O2. The molecule has 0 saturated carbocycles. The van der Waals surface area contributed by atoms with Crippen molar-refractivity contribution >= 4 is 5.91 Å². The van der Waals surface area contributed by atoms with Crippen molar-refractivity contribution in [1.29, 1.82) is 0 Å². The van der Waals surface area contributed by atoms with Crippen molar-refractivity contribution in [2.45, 2.75) is 95.9 Å². The summed E-state index contributed by atoms with van der Waals surface area (Å²) < 4.78 is 5.90. The number of nitrogens with one attached hydrogen (secondary N) is 2. The van der Waals surface area contributed by atoms with Gasteiger partial charge in [0.15, 0.2) is 0 Å². The molecule has 0 aromatic rings. The lowest BCUT2D eigenvalue weighted by Crippen LogP contribution is -2.61. The average Bonchev–Trinajstić information content (AvgIpc) is 2.55. The Morgan fingerprint density at radius 3 is 2.63 bits per heavy atom. The third-order valence-corrected chi connectivity index (χ3v) is 5.13. The highest BCUT2D eigenvalue weighted by Gasteiger charge is 2.26. The van der Waals surface area contributed by atoms with Gasteiger partial charge in [0.25, 0.3) is 0 Å². The van der Waals surface area contributed by atoms with Crippen LogP contribution in [0.15, 0.2) is 5.11 Å². The van der Waals surface area contributed by atoms with Gasteiger partial charge in [0.2, 0.25) is 5.91 Å². The summed E-state index contributed by atoms with van der Waals surface area (Å²) in [6.45, 7) is 9.90. The number of rotatable bonds is 14. The average molecular weight is 383 g/mol. The van der Waals surface area contributed by atoms with E-state index in [1.807, 2.05) is 27.7 Å². The van der Waals surface area contributed by atoms with E-state index in [4.69, 9.17) is 16.0 Å². The van der Waals surface area contributed by atoms with Crippen molar-refractivity contribution in [2.24, 2.45) is 10.8 Å². The van der Waals surface area contributed by atoms with Gasteiger partial charge in [-0.2, -0.15) is 0 Å². The highest BCUT2D eigenvalue weighted by Crippen LogP contribution is 2.18. The topological polar surface area (TPSA) is 125 Å². The zero-order chi connectivity index (χ0) is 20.3. The monoisotopic (exact) mass is 382 g/mol. The van der Waals surface area contributed by atoms with Crippen molar-refractivity contribution in [3.05, 3.63) is 10.4 Å². The normalized spacial score (nSPS) is 19.9. The first-order chi connectivity index (χ1) is 12.7. The number of hydrogen-bond acceptors (Lipinski definition) is 5. The zero-order valence-electron chi connectivity index (χ0n) is 17.5. The molecule has 27 heavy (non-hydrogen) atoms. The summed E-state index contributed by atoms with van der Waals surface area (Å²) in [7, 11) is 0.